The Balaban J connectivity index is 2.16. The molecule has 19 heavy (non-hydrogen) atoms. The highest BCUT2D eigenvalue weighted by Crippen LogP contribution is 2.13. The predicted octanol–water partition coefficient (Wildman–Crippen LogP) is 3.37. The smallest absolute Gasteiger partial charge is 0.251 e. The summed E-state index contributed by atoms with van der Waals surface area (Å²) in [6, 6.07) is 9.49. The molecule has 0 saturated carbocycles. The maximum atomic E-state index is 12.2. The number of pyridine rings is 1. The molecule has 1 aromatic heterocycles. The van der Waals surface area contributed by atoms with Gasteiger partial charge in [-0.3, -0.25) is 9.78 Å². The molecular weight excluding hydrogens is 260 g/mol. The number of hydrogen-bond donors (Lipinski definition) is 1. The molecule has 1 N–H and O–H groups in total. The van der Waals surface area contributed by atoms with Gasteiger partial charge < -0.3 is 5.32 Å². The molecule has 0 aliphatic carbocycles. The lowest BCUT2D eigenvalue weighted by molar-refractivity contribution is 0.0935. The van der Waals surface area contributed by atoms with E-state index in [0.29, 0.717) is 11.4 Å². The summed E-state index contributed by atoms with van der Waals surface area (Å²) in [5.41, 5.74) is 1.56. The summed E-state index contributed by atoms with van der Waals surface area (Å²) in [6.07, 6.45) is 3.42. The first kappa shape index (κ1) is 13.8. The van der Waals surface area contributed by atoms with Crippen LogP contribution >= 0.6 is 11.6 Å². The minimum Gasteiger partial charge on any atom is -0.349 e. The lowest BCUT2D eigenvalue weighted by Gasteiger charge is -2.15. The zero-order valence-electron chi connectivity index (χ0n) is 10.9. The molecule has 2 rings (SSSR count). The van der Waals surface area contributed by atoms with Crippen molar-refractivity contribution in [2.75, 3.05) is 5.88 Å². The van der Waals surface area contributed by atoms with E-state index in [4.69, 9.17) is 11.6 Å². The van der Waals surface area contributed by atoms with Gasteiger partial charge >= 0.3 is 0 Å². The van der Waals surface area contributed by atoms with E-state index in [1.54, 1.807) is 12.3 Å². The molecule has 2 aromatic rings. The first-order chi connectivity index (χ1) is 9.24. The molecule has 1 aromatic carbocycles. The highest BCUT2D eigenvalue weighted by molar-refractivity contribution is 6.17. The SMILES string of the molecule is CCC(CCCl)NC(=O)c1ccc2ncccc2c1. The Kier molecular flexibility index (Phi) is 4.74. The number of benzene rings is 1. The largest absolute Gasteiger partial charge is 0.349 e. The average Bonchev–Trinajstić information content (AvgIpc) is 2.46. The van der Waals surface area contributed by atoms with Gasteiger partial charge in [-0.1, -0.05) is 13.0 Å². The number of fused-ring (bicyclic) bond motifs is 1. The topological polar surface area (TPSA) is 42.0 Å². The van der Waals surface area contributed by atoms with E-state index >= 15 is 0 Å². The van der Waals surface area contributed by atoms with Crippen molar-refractivity contribution in [1.82, 2.24) is 10.3 Å². The van der Waals surface area contributed by atoms with Crippen LogP contribution in [0.15, 0.2) is 36.5 Å². The number of carbonyl (C=O) groups is 1. The van der Waals surface area contributed by atoms with E-state index in [1.165, 1.54) is 0 Å². The number of hydrogen-bond acceptors (Lipinski definition) is 2. The van der Waals surface area contributed by atoms with Crippen LogP contribution in [-0.4, -0.2) is 22.8 Å². The van der Waals surface area contributed by atoms with Gasteiger partial charge in [0.2, 0.25) is 0 Å². The zero-order valence-corrected chi connectivity index (χ0v) is 11.7. The van der Waals surface area contributed by atoms with Crippen molar-refractivity contribution in [2.45, 2.75) is 25.8 Å². The average molecular weight is 277 g/mol. The number of nitrogens with one attached hydrogen (secondary N) is 1. The van der Waals surface area contributed by atoms with Gasteiger partial charge in [0.05, 0.1) is 5.52 Å². The molecule has 1 atom stereocenters. The van der Waals surface area contributed by atoms with E-state index in [-0.39, 0.29) is 11.9 Å². The van der Waals surface area contributed by atoms with Crippen molar-refractivity contribution in [3.63, 3.8) is 0 Å². The normalized spacial score (nSPS) is 12.3. The predicted molar refractivity (Wildman–Crippen MR) is 78.6 cm³/mol. The Hall–Kier alpha value is -1.61. The molecule has 0 radical (unpaired) electrons. The van der Waals surface area contributed by atoms with E-state index in [1.807, 2.05) is 31.2 Å². The van der Waals surface area contributed by atoms with E-state index in [9.17, 15) is 4.79 Å². The molecule has 0 bridgehead atoms. The summed E-state index contributed by atoms with van der Waals surface area (Å²) < 4.78 is 0. The fourth-order valence-corrected chi connectivity index (χ4v) is 2.26. The van der Waals surface area contributed by atoms with Gasteiger partial charge in [0.25, 0.3) is 5.91 Å². The summed E-state index contributed by atoms with van der Waals surface area (Å²) in [7, 11) is 0. The molecule has 1 unspecified atom stereocenters. The van der Waals surface area contributed by atoms with Crippen LogP contribution < -0.4 is 5.32 Å². The molecule has 0 fully saturated rings. The monoisotopic (exact) mass is 276 g/mol. The lowest BCUT2D eigenvalue weighted by atomic mass is 10.1. The van der Waals surface area contributed by atoms with Crippen LogP contribution in [0.2, 0.25) is 0 Å². The number of aromatic nitrogens is 1. The third-order valence-electron chi connectivity index (χ3n) is 3.15. The standard InChI is InChI=1S/C15H17ClN2O/c1-2-13(7-8-16)18-15(19)12-5-6-14-11(10-12)4-3-9-17-14/h3-6,9-10,13H,2,7-8H2,1H3,(H,18,19). The van der Waals surface area contributed by atoms with Gasteiger partial charge in [-0.05, 0) is 37.1 Å². The summed E-state index contributed by atoms with van der Waals surface area (Å²) >= 11 is 5.72. The zero-order chi connectivity index (χ0) is 13.7. The van der Waals surface area contributed by atoms with Gasteiger partial charge in [-0.15, -0.1) is 11.6 Å². The van der Waals surface area contributed by atoms with Crippen molar-refractivity contribution in [3.8, 4) is 0 Å². The number of amides is 1. The Morgan fingerprint density at radius 3 is 3.00 bits per heavy atom. The fourth-order valence-electron chi connectivity index (χ4n) is 2.00. The van der Waals surface area contributed by atoms with E-state index < -0.39 is 0 Å². The number of nitrogens with zero attached hydrogens (tertiary/aromatic N) is 1. The van der Waals surface area contributed by atoms with Crippen LogP contribution in [0.4, 0.5) is 0 Å². The Bertz CT molecular complexity index is 571. The maximum Gasteiger partial charge on any atom is 0.251 e. The van der Waals surface area contributed by atoms with Crippen molar-refractivity contribution >= 4 is 28.4 Å². The van der Waals surface area contributed by atoms with Crippen LogP contribution in [0.3, 0.4) is 0 Å². The van der Waals surface area contributed by atoms with Crippen LogP contribution in [0.5, 0.6) is 0 Å². The van der Waals surface area contributed by atoms with Gasteiger partial charge in [-0.2, -0.15) is 0 Å². The maximum absolute atomic E-state index is 12.2. The first-order valence-electron chi connectivity index (χ1n) is 6.46. The highest BCUT2D eigenvalue weighted by Gasteiger charge is 2.12. The quantitative estimate of drug-likeness (QED) is 0.851. The van der Waals surface area contributed by atoms with Crippen LogP contribution in [-0.2, 0) is 0 Å². The van der Waals surface area contributed by atoms with Gasteiger partial charge in [0, 0.05) is 29.1 Å². The molecule has 0 aliphatic rings. The third kappa shape index (κ3) is 3.44. The van der Waals surface area contributed by atoms with Crippen LogP contribution in [0, 0.1) is 0 Å². The minimum atomic E-state index is -0.0530. The molecule has 3 nitrogen and oxygen atoms in total. The van der Waals surface area contributed by atoms with Crippen molar-refractivity contribution in [1.29, 1.82) is 0 Å². The Morgan fingerprint density at radius 1 is 1.42 bits per heavy atom. The summed E-state index contributed by atoms with van der Waals surface area (Å²) in [5, 5.41) is 3.98. The lowest BCUT2D eigenvalue weighted by Crippen LogP contribution is -2.34. The van der Waals surface area contributed by atoms with Crippen molar-refractivity contribution in [3.05, 3.63) is 42.1 Å². The second-order valence-electron chi connectivity index (χ2n) is 4.47. The van der Waals surface area contributed by atoms with Gasteiger partial charge in [0.15, 0.2) is 0 Å². The number of halogens is 1. The number of rotatable bonds is 5. The van der Waals surface area contributed by atoms with E-state index in [0.717, 1.165) is 23.7 Å². The second kappa shape index (κ2) is 6.53. The molecule has 1 heterocycles. The van der Waals surface area contributed by atoms with Crippen molar-refractivity contribution < 1.29 is 4.79 Å². The number of carbonyl (C=O) groups excluding carboxylic acids is 1. The molecular formula is C15H17ClN2O. The molecule has 4 heteroatoms. The summed E-state index contributed by atoms with van der Waals surface area (Å²) in [4.78, 5) is 16.4. The van der Waals surface area contributed by atoms with Crippen LogP contribution in [0.1, 0.15) is 30.1 Å². The molecule has 0 spiro atoms. The second-order valence-corrected chi connectivity index (χ2v) is 4.85. The molecule has 1 amide bonds. The highest BCUT2D eigenvalue weighted by atomic mass is 35.5. The fraction of sp³-hybridized carbons (Fsp3) is 0.333. The third-order valence-corrected chi connectivity index (χ3v) is 3.37. The summed E-state index contributed by atoms with van der Waals surface area (Å²) in [6.45, 7) is 2.04. The Morgan fingerprint density at radius 2 is 2.26 bits per heavy atom. The molecule has 100 valence electrons. The van der Waals surface area contributed by atoms with Gasteiger partial charge in [-0.25, -0.2) is 0 Å². The minimum absolute atomic E-state index is 0.0530. The van der Waals surface area contributed by atoms with E-state index in [2.05, 4.69) is 10.3 Å². The first-order valence-corrected chi connectivity index (χ1v) is 6.99. The molecule has 0 saturated heterocycles. The van der Waals surface area contributed by atoms with Gasteiger partial charge in [0.1, 0.15) is 0 Å². The van der Waals surface area contributed by atoms with Crippen molar-refractivity contribution in [2.24, 2.45) is 0 Å². The Labute approximate surface area is 118 Å². The summed E-state index contributed by atoms with van der Waals surface area (Å²) in [5.74, 6) is 0.503. The number of alkyl halides is 1. The molecule has 0 aliphatic heterocycles. The van der Waals surface area contributed by atoms with Crippen LogP contribution in [0.25, 0.3) is 10.9 Å².